The van der Waals surface area contributed by atoms with Crippen LogP contribution in [0.3, 0.4) is 0 Å². The second-order valence-electron chi connectivity index (χ2n) is 19.8. The van der Waals surface area contributed by atoms with Gasteiger partial charge in [-0.05, 0) is 178 Å². The standard InChI is InChI=1S/C73H51N3O2/c1-74(58-34-20-50(21-35-58)52-24-38-62(39-25-52)75(60-12-4-2-5-13-60)64-42-28-54(29-43-64)56-32-46-72-68(48-56)66-16-8-10-18-70(66)77-72)59-36-22-51(23-37-59)53-26-40-63(41-27-53)76(61-14-6-3-7-15-61)65-44-30-55(31-45-65)57-33-47-73-69(49-57)67-17-9-11-19-71(67)78-73/h2-49H,1H3. The smallest absolute Gasteiger partial charge is 0.135 e. The van der Waals surface area contributed by atoms with E-state index in [1.54, 1.807) is 0 Å². The third-order valence-corrected chi connectivity index (χ3v) is 15.1. The van der Waals surface area contributed by atoms with Gasteiger partial charge in [0.25, 0.3) is 0 Å². The summed E-state index contributed by atoms with van der Waals surface area (Å²) in [5.74, 6) is 0. The minimum absolute atomic E-state index is 0.904. The van der Waals surface area contributed by atoms with E-state index < -0.39 is 0 Å². The van der Waals surface area contributed by atoms with E-state index in [4.69, 9.17) is 8.83 Å². The van der Waals surface area contributed by atoms with Gasteiger partial charge in [0.05, 0.1) is 0 Å². The van der Waals surface area contributed by atoms with Gasteiger partial charge < -0.3 is 23.5 Å². The highest BCUT2D eigenvalue weighted by molar-refractivity contribution is 6.07. The number of nitrogens with zero attached hydrogens (tertiary/aromatic N) is 3. The van der Waals surface area contributed by atoms with Crippen molar-refractivity contribution in [3.05, 3.63) is 291 Å². The Labute approximate surface area is 453 Å². The summed E-state index contributed by atoms with van der Waals surface area (Å²) in [6.07, 6.45) is 0. The molecule has 0 saturated carbocycles. The Kier molecular flexibility index (Phi) is 11.7. The van der Waals surface area contributed by atoms with Gasteiger partial charge in [0.1, 0.15) is 22.3 Å². The van der Waals surface area contributed by atoms with Gasteiger partial charge >= 0.3 is 0 Å². The summed E-state index contributed by atoms with van der Waals surface area (Å²) in [6, 6.07) is 104. The number of furan rings is 2. The van der Waals surface area contributed by atoms with E-state index >= 15 is 0 Å². The minimum atomic E-state index is 0.904. The molecule has 0 N–H and O–H groups in total. The first kappa shape index (κ1) is 46.2. The van der Waals surface area contributed by atoms with Crippen LogP contribution in [-0.4, -0.2) is 7.05 Å². The van der Waals surface area contributed by atoms with E-state index in [1.165, 1.54) is 0 Å². The number of anilines is 8. The summed E-state index contributed by atoms with van der Waals surface area (Å²) in [6.45, 7) is 0. The summed E-state index contributed by atoms with van der Waals surface area (Å²) >= 11 is 0. The molecule has 2 aromatic heterocycles. The van der Waals surface area contributed by atoms with Gasteiger partial charge in [-0.2, -0.15) is 0 Å². The van der Waals surface area contributed by atoms with Crippen molar-refractivity contribution >= 4 is 89.4 Å². The Morgan fingerprint density at radius 2 is 0.449 bits per heavy atom. The van der Waals surface area contributed by atoms with Gasteiger partial charge in [-0.25, -0.2) is 0 Å². The molecule has 0 aliphatic carbocycles. The van der Waals surface area contributed by atoms with Crippen LogP contribution in [0, 0.1) is 0 Å². The molecule has 0 saturated heterocycles. The van der Waals surface area contributed by atoms with Crippen LogP contribution in [0.15, 0.2) is 300 Å². The first-order valence-electron chi connectivity index (χ1n) is 26.4. The molecule has 0 aliphatic heterocycles. The maximum atomic E-state index is 6.10. The lowest BCUT2D eigenvalue weighted by Gasteiger charge is -2.26. The Bertz CT molecular complexity index is 4110. The Morgan fingerprint density at radius 3 is 0.782 bits per heavy atom. The van der Waals surface area contributed by atoms with E-state index in [0.717, 1.165) is 134 Å². The van der Waals surface area contributed by atoms with E-state index in [1.807, 2.05) is 24.3 Å². The third-order valence-electron chi connectivity index (χ3n) is 15.1. The van der Waals surface area contributed by atoms with Gasteiger partial charge in [-0.1, -0.05) is 158 Å². The fourth-order valence-corrected chi connectivity index (χ4v) is 11.0. The fourth-order valence-electron chi connectivity index (χ4n) is 11.0. The number of hydrogen-bond donors (Lipinski definition) is 0. The fraction of sp³-hybridized carbons (Fsp3) is 0.0137. The topological polar surface area (TPSA) is 36.0 Å². The zero-order chi connectivity index (χ0) is 51.9. The monoisotopic (exact) mass is 1000 g/mol. The summed E-state index contributed by atoms with van der Waals surface area (Å²) < 4.78 is 12.2. The van der Waals surface area contributed by atoms with Crippen LogP contribution in [0.5, 0.6) is 0 Å². The lowest BCUT2D eigenvalue weighted by atomic mass is 10.0. The normalized spacial score (nSPS) is 11.4. The van der Waals surface area contributed by atoms with Gasteiger partial charge in [0, 0.05) is 74.1 Å². The molecular weight excluding hydrogens is 951 g/mol. The van der Waals surface area contributed by atoms with Crippen molar-refractivity contribution in [2.75, 3.05) is 21.7 Å². The van der Waals surface area contributed by atoms with Crippen LogP contribution in [0.4, 0.5) is 45.5 Å². The van der Waals surface area contributed by atoms with Crippen LogP contribution in [0.25, 0.3) is 88.4 Å². The SMILES string of the molecule is CN(c1ccc(-c2ccc(N(c3ccccc3)c3ccc(-c4ccc5oc6ccccc6c5c4)cc3)cc2)cc1)c1ccc(-c2ccc(N(c3ccccc3)c3ccc(-c4ccc5oc6ccccc6c5c4)cc3)cc2)cc1. The van der Waals surface area contributed by atoms with Crippen molar-refractivity contribution in [2.45, 2.75) is 0 Å². The number of para-hydroxylation sites is 4. The third kappa shape index (κ3) is 8.69. The minimum Gasteiger partial charge on any atom is -0.456 e. The maximum absolute atomic E-state index is 6.10. The van der Waals surface area contributed by atoms with Gasteiger partial charge in [-0.3, -0.25) is 0 Å². The van der Waals surface area contributed by atoms with Gasteiger partial charge in [0.2, 0.25) is 0 Å². The highest BCUT2D eigenvalue weighted by Gasteiger charge is 2.17. The average molecular weight is 1000 g/mol. The zero-order valence-corrected chi connectivity index (χ0v) is 42.9. The van der Waals surface area contributed by atoms with Crippen molar-refractivity contribution < 1.29 is 8.83 Å². The number of hydrogen-bond acceptors (Lipinski definition) is 5. The molecule has 0 unspecified atom stereocenters. The highest BCUT2D eigenvalue weighted by atomic mass is 16.3. The van der Waals surface area contributed by atoms with E-state index in [2.05, 4.69) is 289 Å². The maximum Gasteiger partial charge on any atom is 0.135 e. The molecule has 0 radical (unpaired) electrons. The molecule has 14 aromatic rings. The first-order valence-corrected chi connectivity index (χ1v) is 26.4. The lowest BCUT2D eigenvalue weighted by molar-refractivity contribution is 0.668. The summed E-state index contributed by atoms with van der Waals surface area (Å²) in [5.41, 5.74) is 21.7. The predicted molar refractivity (Wildman–Crippen MR) is 327 cm³/mol. The molecule has 0 atom stereocenters. The van der Waals surface area contributed by atoms with Gasteiger partial charge in [0.15, 0.2) is 0 Å². The van der Waals surface area contributed by atoms with Crippen molar-refractivity contribution in [1.29, 1.82) is 0 Å². The Hall–Kier alpha value is -10.4. The molecule has 2 heterocycles. The van der Waals surface area contributed by atoms with Crippen LogP contribution >= 0.6 is 0 Å². The highest BCUT2D eigenvalue weighted by Crippen LogP contribution is 2.41. The second-order valence-corrected chi connectivity index (χ2v) is 19.8. The largest absolute Gasteiger partial charge is 0.456 e. The van der Waals surface area contributed by atoms with Crippen molar-refractivity contribution in [1.82, 2.24) is 0 Å². The molecule has 370 valence electrons. The molecule has 5 heteroatoms. The van der Waals surface area contributed by atoms with Crippen molar-refractivity contribution in [3.63, 3.8) is 0 Å². The Morgan fingerprint density at radius 1 is 0.205 bits per heavy atom. The van der Waals surface area contributed by atoms with Crippen LogP contribution in [0.2, 0.25) is 0 Å². The number of rotatable bonds is 12. The van der Waals surface area contributed by atoms with Crippen LogP contribution in [0.1, 0.15) is 0 Å². The van der Waals surface area contributed by atoms with E-state index in [0.29, 0.717) is 0 Å². The quantitative estimate of drug-likeness (QED) is 0.122. The summed E-state index contributed by atoms with van der Waals surface area (Å²) in [4.78, 5) is 6.86. The molecule has 14 rings (SSSR count). The molecule has 12 aromatic carbocycles. The lowest BCUT2D eigenvalue weighted by Crippen LogP contribution is -2.09. The first-order chi connectivity index (χ1) is 38.5. The molecule has 5 nitrogen and oxygen atoms in total. The zero-order valence-electron chi connectivity index (χ0n) is 42.9. The van der Waals surface area contributed by atoms with Crippen LogP contribution in [-0.2, 0) is 0 Å². The average Bonchev–Trinajstić information content (AvgIpc) is 4.20. The number of fused-ring (bicyclic) bond motifs is 6. The van der Waals surface area contributed by atoms with E-state index in [-0.39, 0.29) is 0 Å². The summed E-state index contributed by atoms with van der Waals surface area (Å²) in [5, 5.41) is 4.53. The molecular formula is C73H51N3O2. The second kappa shape index (κ2) is 19.7. The molecule has 0 spiro atoms. The molecule has 0 fully saturated rings. The van der Waals surface area contributed by atoms with Crippen molar-refractivity contribution in [3.8, 4) is 44.5 Å². The van der Waals surface area contributed by atoms with Crippen molar-refractivity contribution in [2.24, 2.45) is 0 Å². The summed E-state index contributed by atoms with van der Waals surface area (Å²) in [7, 11) is 2.13. The molecule has 0 aliphatic rings. The predicted octanol–water partition coefficient (Wildman–Crippen LogP) is 20.9. The molecule has 78 heavy (non-hydrogen) atoms. The molecule has 0 bridgehead atoms. The Balaban J connectivity index is 0.659. The molecule has 0 amide bonds. The number of benzene rings is 12. The van der Waals surface area contributed by atoms with E-state index in [9.17, 15) is 0 Å². The van der Waals surface area contributed by atoms with Crippen LogP contribution < -0.4 is 14.7 Å². The van der Waals surface area contributed by atoms with Gasteiger partial charge in [-0.15, -0.1) is 0 Å².